The molecule has 5 heteroatoms. The average molecular weight is 482 g/mol. The molecule has 186 valence electrons. The van der Waals surface area contributed by atoms with Crippen LogP contribution in [-0.4, -0.2) is 27.2 Å². The van der Waals surface area contributed by atoms with Crippen molar-refractivity contribution in [3.63, 3.8) is 0 Å². The summed E-state index contributed by atoms with van der Waals surface area (Å²) in [6, 6.07) is 31.4. The molecule has 0 radical (unpaired) electrons. The number of aromatic nitrogens is 2. The van der Waals surface area contributed by atoms with Gasteiger partial charge in [-0.05, 0) is 42.5 Å². The van der Waals surface area contributed by atoms with Gasteiger partial charge in [0.05, 0.1) is 23.5 Å². The minimum atomic E-state index is -0.763. The molecule has 5 nitrogen and oxygen atoms in total. The summed E-state index contributed by atoms with van der Waals surface area (Å²) in [6.45, 7) is 3.69. The number of hydrogen-bond acceptors (Lipinski definition) is 3. The number of rotatable bonds is 13. The molecular weight excluding hydrogens is 446 g/mol. The molecule has 3 aromatic carbocycles. The maximum Gasteiger partial charge on any atom is 0.306 e. The fraction of sp³-hybridized carbons (Fsp3) is 0.290. The van der Waals surface area contributed by atoms with Gasteiger partial charge in [0.25, 0.3) is 0 Å². The number of nitrogens with zero attached hydrogens (tertiary/aromatic N) is 2. The number of carbonyl (C=O) groups is 1. The predicted octanol–water partition coefficient (Wildman–Crippen LogP) is 5.90. The molecule has 0 aliphatic carbocycles. The van der Waals surface area contributed by atoms with Crippen LogP contribution < -0.4 is 5.32 Å². The summed E-state index contributed by atoms with van der Waals surface area (Å²) in [5.41, 5.74) is 3.76. The third-order valence-electron chi connectivity index (χ3n) is 6.71. The minimum absolute atomic E-state index is 0.452. The van der Waals surface area contributed by atoms with Gasteiger partial charge in [0.2, 0.25) is 0 Å². The molecule has 0 aliphatic rings. The number of carboxylic acid groups (broad SMARTS) is 1. The van der Waals surface area contributed by atoms with Crippen molar-refractivity contribution < 1.29 is 9.90 Å². The first-order valence-electron chi connectivity index (χ1n) is 12.8. The Kier molecular flexibility index (Phi) is 8.69. The predicted molar refractivity (Wildman–Crippen MR) is 144 cm³/mol. The van der Waals surface area contributed by atoms with Crippen LogP contribution >= 0.6 is 0 Å². The lowest BCUT2D eigenvalue weighted by Crippen LogP contribution is -2.45. The lowest BCUT2D eigenvalue weighted by atomic mass is 9.77. The molecule has 0 spiro atoms. The van der Waals surface area contributed by atoms with Crippen molar-refractivity contribution in [3.8, 4) is 0 Å². The molecule has 0 fully saturated rings. The lowest BCUT2D eigenvalue weighted by Gasteiger charge is -2.37. The first-order valence-corrected chi connectivity index (χ1v) is 12.8. The summed E-state index contributed by atoms with van der Waals surface area (Å²) in [5, 5.41) is 13.7. The summed E-state index contributed by atoms with van der Waals surface area (Å²) >= 11 is 0. The molecule has 36 heavy (non-hydrogen) atoms. The lowest BCUT2D eigenvalue weighted by molar-refractivity contribution is -0.142. The minimum Gasteiger partial charge on any atom is -0.481 e. The van der Waals surface area contributed by atoms with E-state index in [1.54, 1.807) is 6.33 Å². The zero-order valence-electron chi connectivity index (χ0n) is 20.9. The van der Waals surface area contributed by atoms with Gasteiger partial charge >= 0.3 is 5.97 Å². The highest BCUT2D eigenvalue weighted by atomic mass is 16.4. The molecule has 0 bridgehead atoms. The van der Waals surface area contributed by atoms with Crippen molar-refractivity contribution in [2.24, 2.45) is 5.92 Å². The van der Waals surface area contributed by atoms with E-state index in [0.29, 0.717) is 19.4 Å². The largest absolute Gasteiger partial charge is 0.481 e. The van der Waals surface area contributed by atoms with E-state index in [9.17, 15) is 9.90 Å². The zero-order valence-corrected chi connectivity index (χ0v) is 20.9. The third kappa shape index (κ3) is 5.92. The van der Waals surface area contributed by atoms with Crippen LogP contribution in [0.4, 0.5) is 0 Å². The topological polar surface area (TPSA) is 67.2 Å². The summed E-state index contributed by atoms with van der Waals surface area (Å²) in [4.78, 5) is 16.5. The van der Waals surface area contributed by atoms with Crippen molar-refractivity contribution in [1.29, 1.82) is 0 Å². The van der Waals surface area contributed by atoms with Crippen molar-refractivity contribution in [2.45, 2.75) is 44.7 Å². The first-order chi connectivity index (χ1) is 17.6. The Labute approximate surface area is 213 Å². The van der Waals surface area contributed by atoms with Crippen LogP contribution in [0.15, 0.2) is 104 Å². The molecule has 0 saturated carbocycles. The first kappa shape index (κ1) is 25.4. The van der Waals surface area contributed by atoms with Crippen LogP contribution in [0.5, 0.6) is 0 Å². The van der Waals surface area contributed by atoms with E-state index in [-0.39, 0.29) is 0 Å². The smallest absolute Gasteiger partial charge is 0.306 e. The molecule has 1 aromatic heterocycles. The number of hydrogen-bond donors (Lipinski definition) is 2. The molecule has 1 unspecified atom stereocenters. The Balaban J connectivity index is 1.54. The van der Waals surface area contributed by atoms with Crippen molar-refractivity contribution in [1.82, 2.24) is 14.9 Å². The standard InChI is InChI=1S/C31H35N3O2/c1-2-21-34-23-29(32-24-34)22-25(30(35)36)13-12-20-33-31(26-14-6-3-7-15-26,27-16-8-4-9-17-27)28-18-10-5-11-19-28/h3-11,14-19,23-25,33H,2,12-13,20-22H2,1H3,(H,35,36). The number of imidazole rings is 1. The molecular formula is C31H35N3O2. The highest BCUT2D eigenvalue weighted by Crippen LogP contribution is 2.36. The second kappa shape index (κ2) is 12.3. The van der Waals surface area contributed by atoms with Gasteiger partial charge in [-0.2, -0.15) is 0 Å². The van der Waals surface area contributed by atoms with E-state index in [4.69, 9.17) is 0 Å². The molecule has 0 amide bonds. The van der Waals surface area contributed by atoms with Gasteiger partial charge in [0.1, 0.15) is 0 Å². The van der Waals surface area contributed by atoms with Crippen LogP contribution in [0.25, 0.3) is 0 Å². The Hall–Kier alpha value is -3.70. The van der Waals surface area contributed by atoms with Gasteiger partial charge in [0.15, 0.2) is 0 Å². The Bertz CT molecular complexity index is 1110. The monoisotopic (exact) mass is 481 g/mol. The van der Waals surface area contributed by atoms with E-state index in [1.807, 2.05) is 29.0 Å². The number of benzene rings is 3. The Morgan fingerprint density at radius 3 is 1.92 bits per heavy atom. The van der Waals surface area contributed by atoms with Crippen LogP contribution in [0.1, 0.15) is 48.6 Å². The van der Waals surface area contributed by atoms with Crippen LogP contribution in [0, 0.1) is 5.92 Å². The van der Waals surface area contributed by atoms with E-state index in [1.165, 1.54) is 0 Å². The van der Waals surface area contributed by atoms with Gasteiger partial charge in [0, 0.05) is 19.2 Å². The molecule has 1 heterocycles. The van der Waals surface area contributed by atoms with E-state index in [2.05, 4.69) is 90.0 Å². The molecule has 2 N–H and O–H groups in total. The van der Waals surface area contributed by atoms with Crippen molar-refractivity contribution in [2.75, 3.05) is 6.54 Å². The van der Waals surface area contributed by atoms with Gasteiger partial charge < -0.3 is 9.67 Å². The summed E-state index contributed by atoms with van der Waals surface area (Å²) in [7, 11) is 0. The SMILES string of the molecule is CCCn1cnc(CC(CCCNC(c2ccccc2)(c2ccccc2)c2ccccc2)C(=O)O)c1. The summed E-state index contributed by atoms with van der Waals surface area (Å²) < 4.78 is 2.03. The van der Waals surface area contributed by atoms with Crippen LogP contribution in [0.2, 0.25) is 0 Å². The molecule has 4 aromatic rings. The van der Waals surface area contributed by atoms with Crippen molar-refractivity contribution in [3.05, 3.63) is 126 Å². The zero-order chi connectivity index (χ0) is 25.2. The summed E-state index contributed by atoms with van der Waals surface area (Å²) in [5.74, 6) is -1.23. The maximum atomic E-state index is 12.0. The van der Waals surface area contributed by atoms with E-state index >= 15 is 0 Å². The second-order valence-corrected chi connectivity index (χ2v) is 9.26. The normalized spacial score (nSPS) is 12.4. The van der Waals surface area contributed by atoms with E-state index in [0.717, 1.165) is 41.8 Å². The Morgan fingerprint density at radius 1 is 0.917 bits per heavy atom. The molecule has 0 aliphatic heterocycles. The molecule has 0 saturated heterocycles. The fourth-order valence-electron chi connectivity index (χ4n) is 4.95. The number of nitrogens with one attached hydrogen (secondary N) is 1. The fourth-order valence-corrected chi connectivity index (χ4v) is 4.95. The van der Waals surface area contributed by atoms with Gasteiger partial charge in [-0.25, -0.2) is 4.98 Å². The van der Waals surface area contributed by atoms with Gasteiger partial charge in [-0.3, -0.25) is 10.1 Å². The molecule has 1 atom stereocenters. The van der Waals surface area contributed by atoms with Crippen molar-refractivity contribution >= 4 is 5.97 Å². The number of carboxylic acids is 1. The highest BCUT2D eigenvalue weighted by Gasteiger charge is 2.35. The quantitative estimate of drug-likeness (QED) is 0.184. The number of aliphatic carboxylic acids is 1. The van der Waals surface area contributed by atoms with Gasteiger partial charge in [-0.15, -0.1) is 0 Å². The highest BCUT2D eigenvalue weighted by molar-refractivity contribution is 5.70. The van der Waals surface area contributed by atoms with E-state index < -0.39 is 17.4 Å². The molecule has 4 rings (SSSR count). The third-order valence-corrected chi connectivity index (χ3v) is 6.71. The second-order valence-electron chi connectivity index (χ2n) is 9.26. The number of aryl methyl sites for hydroxylation is 1. The maximum absolute atomic E-state index is 12.0. The van der Waals surface area contributed by atoms with Crippen LogP contribution in [-0.2, 0) is 23.3 Å². The van der Waals surface area contributed by atoms with Crippen LogP contribution in [0.3, 0.4) is 0 Å². The average Bonchev–Trinajstić information content (AvgIpc) is 3.37. The summed E-state index contributed by atoms with van der Waals surface area (Å²) in [6.07, 6.45) is 6.57. The van der Waals surface area contributed by atoms with Gasteiger partial charge in [-0.1, -0.05) is 97.9 Å². The Morgan fingerprint density at radius 2 is 1.44 bits per heavy atom.